The van der Waals surface area contributed by atoms with Gasteiger partial charge in [-0.15, -0.1) is 0 Å². The van der Waals surface area contributed by atoms with Crippen LogP contribution in [0.1, 0.15) is 27.7 Å². The minimum atomic E-state index is 0.190. The molecular formula is C11H26N2O. The van der Waals surface area contributed by atoms with Gasteiger partial charge in [-0.3, -0.25) is 0 Å². The van der Waals surface area contributed by atoms with Crippen LogP contribution in [-0.2, 0) is 0 Å². The Hall–Kier alpha value is -0.120. The lowest BCUT2D eigenvalue weighted by Gasteiger charge is -2.37. The molecule has 0 spiro atoms. The van der Waals surface area contributed by atoms with E-state index in [2.05, 4.69) is 32.6 Å². The molecule has 0 aromatic carbocycles. The van der Waals surface area contributed by atoms with E-state index in [1.165, 1.54) is 0 Å². The van der Waals surface area contributed by atoms with Gasteiger partial charge in [-0.2, -0.15) is 0 Å². The molecule has 0 saturated heterocycles. The molecule has 3 N–H and O–H groups in total. The molecule has 0 aromatic rings. The second kappa shape index (κ2) is 7.21. The van der Waals surface area contributed by atoms with E-state index in [0.29, 0.717) is 18.5 Å². The van der Waals surface area contributed by atoms with Crippen molar-refractivity contribution in [2.24, 2.45) is 17.6 Å². The van der Waals surface area contributed by atoms with Gasteiger partial charge in [-0.1, -0.05) is 27.7 Å². The molecule has 0 aliphatic heterocycles. The lowest BCUT2D eigenvalue weighted by molar-refractivity contribution is 0.0779. The van der Waals surface area contributed by atoms with Crippen molar-refractivity contribution < 1.29 is 5.11 Å². The quantitative estimate of drug-likeness (QED) is 0.645. The molecule has 0 amide bonds. The van der Waals surface area contributed by atoms with Crippen molar-refractivity contribution in [2.75, 3.05) is 26.2 Å². The fraction of sp³-hybridized carbons (Fsp3) is 1.00. The first kappa shape index (κ1) is 13.9. The zero-order valence-electron chi connectivity index (χ0n) is 10.0. The van der Waals surface area contributed by atoms with E-state index in [0.717, 1.165) is 13.1 Å². The van der Waals surface area contributed by atoms with Crippen LogP contribution < -0.4 is 5.73 Å². The third-order valence-corrected chi connectivity index (χ3v) is 2.94. The van der Waals surface area contributed by atoms with Gasteiger partial charge in [0.1, 0.15) is 0 Å². The highest BCUT2D eigenvalue weighted by molar-refractivity contribution is 4.81. The molecular weight excluding hydrogens is 176 g/mol. The maximum absolute atomic E-state index is 9.28. The van der Waals surface area contributed by atoms with Crippen LogP contribution in [0.2, 0.25) is 0 Å². The summed E-state index contributed by atoms with van der Waals surface area (Å²) in [5, 5.41) is 9.28. The molecule has 0 aliphatic carbocycles. The number of hydrogen-bond acceptors (Lipinski definition) is 3. The molecule has 0 aromatic heterocycles. The molecule has 0 bridgehead atoms. The predicted molar refractivity (Wildman–Crippen MR) is 61.2 cm³/mol. The van der Waals surface area contributed by atoms with E-state index in [9.17, 15) is 5.11 Å². The highest BCUT2D eigenvalue weighted by Crippen LogP contribution is 2.18. The maximum atomic E-state index is 9.28. The fourth-order valence-electron chi connectivity index (χ4n) is 2.23. The van der Waals surface area contributed by atoms with Gasteiger partial charge in [0, 0.05) is 18.6 Å². The SMILES string of the molecule is CCN(CC)[C@@H](C(C)C)[C@@H](CN)CO. The molecule has 0 unspecified atom stereocenters. The summed E-state index contributed by atoms with van der Waals surface area (Å²) in [4.78, 5) is 2.39. The summed E-state index contributed by atoms with van der Waals surface area (Å²) in [5.74, 6) is 0.741. The van der Waals surface area contributed by atoms with Crippen molar-refractivity contribution >= 4 is 0 Å². The molecule has 0 aliphatic rings. The van der Waals surface area contributed by atoms with Gasteiger partial charge in [0.25, 0.3) is 0 Å². The van der Waals surface area contributed by atoms with E-state index < -0.39 is 0 Å². The molecule has 3 nitrogen and oxygen atoms in total. The van der Waals surface area contributed by atoms with Gasteiger partial charge in [0.05, 0.1) is 0 Å². The monoisotopic (exact) mass is 202 g/mol. The van der Waals surface area contributed by atoms with Gasteiger partial charge in [-0.05, 0) is 25.6 Å². The topological polar surface area (TPSA) is 49.5 Å². The van der Waals surface area contributed by atoms with Crippen LogP contribution in [0, 0.1) is 11.8 Å². The Balaban J connectivity index is 4.54. The number of aliphatic hydroxyl groups excluding tert-OH is 1. The number of aliphatic hydroxyl groups is 1. The standard InChI is InChI=1S/C11H26N2O/c1-5-13(6-2)11(9(3)4)10(7-12)8-14/h9-11,14H,5-8,12H2,1-4H3/t10-,11-/m0/s1. The van der Waals surface area contributed by atoms with Crippen LogP contribution in [-0.4, -0.2) is 42.3 Å². The number of nitrogens with two attached hydrogens (primary N) is 1. The second-order valence-corrected chi connectivity index (χ2v) is 4.13. The van der Waals surface area contributed by atoms with Crippen molar-refractivity contribution in [1.82, 2.24) is 4.90 Å². The molecule has 3 heteroatoms. The van der Waals surface area contributed by atoms with E-state index in [4.69, 9.17) is 5.73 Å². The summed E-state index contributed by atoms with van der Waals surface area (Å²) >= 11 is 0. The smallest absolute Gasteiger partial charge is 0.0486 e. The van der Waals surface area contributed by atoms with Gasteiger partial charge in [0.15, 0.2) is 0 Å². The largest absolute Gasteiger partial charge is 0.396 e. The molecule has 14 heavy (non-hydrogen) atoms. The first-order valence-electron chi connectivity index (χ1n) is 5.67. The molecule has 86 valence electrons. The molecule has 0 fully saturated rings. The molecule has 0 saturated carbocycles. The van der Waals surface area contributed by atoms with Crippen molar-refractivity contribution in [2.45, 2.75) is 33.7 Å². The van der Waals surface area contributed by atoms with Gasteiger partial charge in [-0.25, -0.2) is 0 Å². The molecule has 0 rings (SSSR count). The Morgan fingerprint density at radius 1 is 1.21 bits per heavy atom. The zero-order valence-corrected chi connectivity index (χ0v) is 10.0. The average Bonchev–Trinajstić information content (AvgIpc) is 2.18. The number of hydrogen-bond donors (Lipinski definition) is 2. The zero-order chi connectivity index (χ0) is 11.1. The predicted octanol–water partition coefficient (Wildman–Crippen LogP) is 0.920. The summed E-state index contributed by atoms with van der Waals surface area (Å²) in [6, 6.07) is 0.403. The number of nitrogens with zero attached hydrogens (tertiary/aromatic N) is 1. The minimum absolute atomic E-state index is 0.190. The first-order chi connectivity index (χ1) is 6.62. The lowest BCUT2D eigenvalue weighted by Crippen LogP contribution is -2.47. The summed E-state index contributed by atoms with van der Waals surface area (Å²) in [5.41, 5.74) is 5.68. The Bertz CT molecular complexity index is 119. The normalized spacial score (nSPS) is 16.3. The van der Waals surface area contributed by atoms with Crippen LogP contribution in [0.4, 0.5) is 0 Å². The molecule has 2 atom stereocenters. The summed E-state index contributed by atoms with van der Waals surface area (Å²) in [7, 11) is 0. The van der Waals surface area contributed by atoms with Crippen LogP contribution in [0.25, 0.3) is 0 Å². The van der Waals surface area contributed by atoms with Crippen LogP contribution in [0.5, 0.6) is 0 Å². The Labute approximate surface area is 88.3 Å². The molecule has 0 radical (unpaired) electrons. The van der Waals surface area contributed by atoms with Gasteiger partial charge >= 0.3 is 0 Å². The maximum Gasteiger partial charge on any atom is 0.0486 e. The van der Waals surface area contributed by atoms with E-state index in [-0.39, 0.29) is 12.5 Å². The van der Waals surface area contributed by atoms with Crippen LogP contribution in [0.3, 0.4) is 0 Å². The third-order valence-electron chi connectivity index (χ3n) is 2.94. The Morgan fingerprint density at radius 3 is 1.93 bits per heavy atom. The highest BCUT2D eigenvalue weighted by atomic mass is 16.3. The average molecular weight is 202 g/mol. The van der Waals surface area contributed by atoms with Gasteiger partial charge in [0.2, 0.25) is 0 Å². The van der Waals surface area contributed by atoms with E-state index >= 15 is 0 Å². The Morgan fingerprint density at radius 2 is 1.71 bits per heavy atom. The third kappa shape index (κ3) is 3.56. The van der Waals surface area contributed by atoms with Gasteiger partial charge < -0.3 is 15.7 Å². The van der Waals surface area contributed by atoms with E-state index in [1.807, 2.05) is 0 Å². The highest BCUT2D eigenvalue weighted by Gasteiger charge is 2.26. The van der Waals surface area contributed by atoms with Crippen LogP contribution >= 0.6 is 0 Å². The summed E-state index contributed by atoms with van der Waals surface area (Å²) in [6.07, 6.45) is 0. The second-order valence-electron chi connectivity index (χ2n) is 4.13. The number of rotatable bonds is 7. The van der Waals surface area contributed by atoms with Crippen molar-refractivity contribution in [1.29, 1.82) is 0 Å². The molecule has 0 heterocycles. The summed E-state index contributed by atoms with van der Waals surface area (Å²) in [6.45, 7) is 11.5. The van der Waals surface area contributed by atoms with Crippen molar-refractivity contribution in [3.63, 3.8) is 0 Å². The van der Waals surface area contributed by atoms with Crippen molar-refractivity contribution in [3.05, 3.63) is 0 Å². The first-order valence-corrected chi connectivity index (χ1v) is 5.67. The van der Waals surface area contributed by atoms with Crippen molar-refractivity contribution in [3.8, 4) is 0 Å². The fourth-order valence-corrected chi connectivity index (χ4v) is 2.23. The summed E-state index contributed by atoms with van der Waals surface area (Å²) < 4.78 is 0. The van der Waals surface area contributed by atoms with Crippen LogP contribution in [0.15, 0.2) is 0 Å². The lowest BCUT2D eigenvalue weighted by atomic mass is 9.89. The minimum Gasteiger partial charge on any atom is -0.396 e. The Kier molecular flexibility index (Phi) is 7.15. The van der Waals surface area contributed by atoms with E-state index in [1.54, 1.807) is 0 Å².